The molecule has 0 aromatic rings. The first kappa shape index (κ1) is 11.6. The van der Waals surface area contributed by atoms with Gasteiger partial charge in [-0.2, -0.15) is 0 Å². The summed E-state index contributed by atoms with van der Waals surface area (Å²) in [7, 11) is 3.57. The van der Waals surface area contributed by atoms with Gasteiger partial charge in [0.05, 0.1) is 5.41 Å². The number of carbonyl (C=O) groups is 2. The Morgan fingerprint density at radius 2 is 1.75 bits per heavy atom. The van der Waals surface area contributed by atoms with Crippen molar-refractivity contribution in [3.63, 3.8) is 0 Å². The van der Waals surface area contributed by atoms with Gasteiger partial charge in [0.15, 0.2) is 0 Å². The van der Waals surface area contributed by atoms with Crippen LogP contribution in [0.2, 0.25) is 0 Å². The SMILES string of the molecule is CN(C)C(=O)[C@@]12CC[C@@](C)(C(=O)C1)C2(C)C. The molecule has 0 saturated heterocycles. The van der Waals surface area contributed by atoms with Crippen LogP contribution in [0.4, 0.5) is 0 Å². The van der Waals surface area contributed by atoms with E-state index in [0.29, 0.717) is 6.42 Å². The third kappa shape index (κ3) is 0.950. The van der Waals surface area contributed by atoms with Gasteiger partial charge in [-0.25, -0.2) is 0 Å². The lowest BCUT2D eigenvalue weighted by Crippen LogP contribution is -2.46. The molecule has 2 atom stereocenters. The van der Waals surface area contributed by atoms with Crippen LogP contribution in [0.1, 0.15) is 40.0 Å². The Labute approximate surface area is 97.2 Å². The van der Waals surface area contributed by atoms with E-state index in [1.165, 1.54) is 0 Å². The monoisotopic (exact) mass is 223 g/mol. The summed E-state index contributed by atoms with van der Waals surface area (Å²) in [4.78, 5) is 26.2. The maximum absolute atomic E-state index is 12.4. The highest BCUT2D eigenvalue weighted by Gasteiger charge is 2.72. The highest BCUT2D eigenvalue weighted by molar-refractivity contribution is 5.99. The minimum absolute atomic E-state index is 0.132. The number of hydrogen-bond acceptors (Lipinski definition) is 2. The molecule has 0 N–H and O–H groups in total. The number of ketones is 1. The van der Waals surface area contributed by atoms with Crippen LogP contribution in [0.15, 0.2) is 0 Å². The van der Waals surface area contributed by atoms with E-state index in [-0.39, 0.29) is 22.5 Å². The van der Waals surface area contributed by atoms with Gasteiger partial charge in [0.25, 0.3) is 0 Å². The molecule has 0 aromatic carbocycles. The molecule has 0 aliphatic heterocycles. The average Bonchev–Trinajstić information content (AvgIpc) is 2.46. The number of hydrogen-bond donors (Lipinski definition) is 0. The fraction of sp³-hybridized carbons (Fsp3) is 0.846. The van der Waals surface area contributed by atoms with Gasteiger partial charge in [-0.3, -0.25) is 9.59 Å². The lowest BCUT2D eigenvalue weighted by molar-refractivity contribution is -0.145. The molecule has 0 aromatic heterocycles. The Morgan fingerprint density at radius 3 is 2.06 bits per heavy atom. The minimum atomic E-state index is -0.442. The lowest BCUT2D eigenvalue weighted by atomic mass is 9.64. The number of nitrogens with zero attached hydrogens (tertiary/aromatic N) is 1. The van der Waals surface area contributed by atoms with E-state index >= 15 is 0 Å². The highest BCUT2D eigenvalue weighted by Crippen LogP contribution is 2.70. The van der Waals surface area contributed by atoms with E-state index in [1.54, 1.807) is 19.0 Å². The molecule has 2 fully saturated rings. The molecule has 0 heterocycles. The zero-order valence-electron chi connectivity index (χ0n) is 10.9. The number of carbonyl (C=O) groups excluding carboxylic acids is 2. The average molecular weight is 223 g/mol. The van der Waals surface area contributed by atoms with Crippen LogP contribution in [0.5, 0.6) is 0 Å². The molecular weight excluding hydrogens is 202 g/mol. The van der Waals surface area contributed by atoms with E-state index in [0.717, 1.165) is 12.8 Å². The van der Waals surface area contributed by atoms with Crippen molar-refractivity contribution in [1.29, 1.82) is 0 Å². The predicted octanol–water partition coefficient (Wildman–Crippen LogP) is 1.86. The van der Waals surface area contributed by atoms with E-state index in [4.69, 9.17) is 0 Å². The van der Waals surface area contributed by atoms with E-state index in [2.05, 4.69) is 13.8 Å². The standard InChI is InChI=1S/C13H21NO2/c1-11(2)12(3)6-7-13(11,8-9(12)15)10(16)14(4)5/h6-8H2,1-5H3/t12-,13+/m0/s1. The molecule has 2 aliphatic carbocycles. The van der Waals surface area contributed by atoms with Crippen molar-refractivity contribution in [2.75, 3.05) is 14.1 Å². The van der Waals surface area contributed by atoms with Gasteiger partial charge in [-0.1, -0.05) is 20.8 Å². The van der Waals surface area contributed by atoms with Crippen LogP contribution in [-0.4, -0.2) is 30.7 Å². The second-order valence-electron chi connectivity index (χ2n) is 6.34. The van der Waals surface area contributed by atoms with Crippen LogP contribution in [0.25, 0.3) is 0 Å². The molecule has 3 nitrogen and oxygen atoms in total. The quantitative estimate of drug-likeness (QED) is 0.680. The Balaban J connectivity index is 2.52. The summed E-state index contributed by atoms with van der Waals surface area (Å²) >= 11 is 0. The minimum Gasteiger partial charge on any atom is -0.348 e. The number of amides is 1. The fourth-order valence-corrected chi connectivity index (χ4v) is 3.76. The topological polar surface area (TPSA) is 37.4 Å². The van der Waals surface area contributed by atoms with Gasteiger partial charge in [0, 0.05) is 25.9 Å². The van der Waals surface area contributed by atoms with Crippen molar-refractivity contribution in [2.45, 2.75) is 40.0 Å². The maximum atomic E-state index is 12.4. The second-order valence-corrected chi connectivity index (χ2v) is 6.34. The van der Waals surface area contributed by atoms with Crippen LogP contribution in [0, 0.1) is 16.2 Å². The first-order valence-corrected chi connectivity index (χ1v) is 5.94. The van der Waals surface area contributed by atoms with Gasteiger partial charge in [-0.15, -0.1) is 0 Å². The molecule has 16 heavy (non-hydrogen) atoms. The summed E-state index contributed by atoms with van der Waals surface area (Å²) < 4.78 is 0. The van der Waals surface area contributed by atoms with Crippen molar-refractivity contribution < 1.29 is 9.59 Å². The van der Waals surface area contributed by atoms with Gasteiger partial charge in [-0.05, 0) is 18.3 Å². The number of Topliss-reactive ketones (excluding diaryl/α,β-unsaturated/α-hetero) is 1. The predicted molar refractivity (Wildman–Crippen MR) is 61.9 cm³/mol. The first-order chi connectivity index (χ1) is 7.19. The first-order valence-electron chi connectivity index (χ1n) is 5.94. The highest BCUT2D eigenvalue weighted by atomic mass is 16.2. The lowest BCUT2D eigenvalue weighted by Gasteiger charge is -2.40. The molecule has 2 bridgehead atoms. The van der Waals surface area contributed by atoms with Crippen LogP contribution >= 0.6 is 0 Å². The van der Waals surface area contributed by atoms with Crippen molar-refractivity contribution in [3.8, 4) is 0 Å². The van der Waals surface area contributed by atoms with Gasteiger partial charge >= 0.3 is 0 Å². The van der Waals surface area contributed by atoms with Crippen molar-refractivity contribution >= 4 is 11.7 Å². The number of rotatable bonds is 1. The summed E-state index contributed by atoms with van der Waals surface area (Å²) in [5.41, 5.74) is -0.945. The zero-order chi connectivity index (χ0) is 12.4. The molecule has 0 unspecified atom stereocenters. The van der Waals surface area contributed by atoms with Crippen LogP contribution in [-0.2, 0) is 9.59 Å². The summed E-state index contributed by atoms with van der Waals surface area (Å²) in [6.07, 6.45) is 2.16. The summed E-state index contributed by atoms with van der Waals surface area (Å²) in [6.45, 7) is 6.21. The molecule has 2 rings (SSSR count). The Bertz CT molecular complexity index is 372. The Kier molecular flexibility index (Phi) is 2.09. The molecule has 2 saturated carbocycles. The summed E-state index contributed by atoms with van der Waals surface area (Å²) in [5, 5.41) is 0. The molecule has 3 heteroatoms. The van der Waals surface area contributed by atoms with Gasteiger partial charge < -0.3 is 4.90 Å². The van der Waals surface area contributed by atoms with Gasteiger partial charge in [0.2, 0.25) is 5.91 Å². The summed E-state index contributed by atoms with van der Waals surface area (Å²) in [5.74, 6) is 0.408. The molecule has 0 radical (unpaired) electrons. The molecule has 90 valence electrons. The van der Waals surface area contributed by atoms with Crippen molar-refractivity contribution in [1.82, 2.24) is 4.90 Å². The second kappa shape index (κ2) is 2.88. The normalized spacial score (nSPS) is 40.2. The molecule has 0 spiro atoms. The summed E-state index contributed by atoms with van der Waals surface area (Å²) in [6, 6.07) is 0. The molecule has 1 amide bonds. The number of fused-ring (bicyclic) bond motifs is 2. The van der Waals surface area contributed by atoms with E-state index in [9.17, 15) is 9.59 Å². The van der Waals surface area contributed by atoms with Gasteiger partial charge in [0.1, 0.15) is 5.78 Å². The van der Waals surface area contributed by atoms with Crippen molar-refractivity contribution in [3.05, 3.63) is 0 Å². The third-order valence-corrected chi connectivity index (χ3v) is 5.52. The Hall–Kier alpha value is -0.860. The van der Waals surface area contributed by atoms with Crippen LogP contribution in [0.3, 0.4) is 0 Å². The largest absolute Gasteiger partial charge is 0.348 e. The van der Waals surface area contributed by atoms with Crippen LogP contribution < -0.4 is 0 Å². The van der Waals surface area contributed by atoms with E-state index in [1.807, 2.05) is 6.92 Å². The molecule has 2 aliphatic rings. The van der Waals surface area contributed by atoms with E-state index < -0.39 is 5.41 Å². The smallest absolute Gasteiger partial charge is 0.229 e. The van der Waals surface area contributed by atoms with Crippen molar-refractivity contribution in [2.24, 2.45) is 16.2 Å². The Morgan fingerprint density at radius 1 is 1.19 bits per heavy atom. The third-order valence-electron chi connectivity index (χ3n) is 5.52. The molecular formula is C13H21NO2. The fourth-order valence-electron chi connectivity index (χ4n) is 3.76. The maximum Gasteiger partial charge on any atom is 0.229 e. The zero-order valence-corrected chi connectivity index (χ0v) is 10.9.